The summed E-state index contributed by atoms with van der Waals surface area (Å²) in [6.45, 7) is 1.84. The molecular weight excluding hydrogens is 240 g/mol. The molecule has 0 heterocycles. The summed E-state index contributed by atoms with van der Waals surface area (Å²) in [4.78, 5) is 11.5. The van der Waals surface area contributed by atoms with E-state index in [1.165, 1.54) is 12.0 Å². The van der Waals surface area contributed by atoms with Crippen molar-refractivity contribution in [3.8, 4) is 5.75 Å². The average molecular weight is 262 g/mol. The predicted octanol–water partition coefficient (Wildman–Crippen LogP) is 3.67. The Bertz CT molecular complexity index is 428. The van der Waals surface area contributed by atoms with Crippen molar-refractivity contribution in [1.82, 2.24) is 0 Å². The molecule has 0 aliphatic heterocycles. The van der Waals surface area contributed by atoms with Crippen molar-refractivity contribution in [2.45, 2.75) is 51.0 Å². The second kappa shape index (κ2) is 6.60. The third-order valence-electron chi connectivity index (χ3n) is 3.80. The standard InChI is InChI=1S/C16H22O3/c1-3-16(17)19-15-10-5-4-9-14(15)12-7-6-8-13(11-12)18-2/h6-8,11,14-15H,3-5,9-10H2,1-2H3/t14-,15+/m0/s1. The molecule has 0 unspecified atom stereocenters. The van der Waals surface area contributed by atoms with Gasteiger partial charge in [0.15, 0.2) is 0 Å². The molecule has 0 radical (unpaired) electrons. The summed E-state index contributed by atoms with van der Waals surface area (Å²) < 4.78 is 10.9. The Morgan fingerprint density at radius 2 is 2.11 bits per heavy atom. The highest BCUT2D eigenvalue weighted by Gasteiger charge is 2.29. The zero-order valence-corrected chi connectivity index (χ0v) is 11.7. The van der Waals surface area contributed by atoms with E-state index in [1.807, 2.05) is 19.1 Å². The van der Waals surface area contributed by atoms with Crippen LogP contribution < -0.4 is 4.74 Å². The second-order valence-corrected chi connectivity index (χ2v) is 5.05. The first-order valence-electron chi connectivity index (χ1n) is 7.08. The molecule has 0 N–H and O–H groups in total. The lowest BCUT2D eigenvalue weighted by molar-refractivity contribution is -0.151. The van der Waals surface area contributed by atoms with Crippen LogP contribution in [0.1, 0.15) is 50.5 Å². The number of esters is 1. The first-order valence-corrected chi connectivity index (χ1v) is 7.08. The van der Waals surface area contributed by atoms with Crippen molar-refractivity contribution >= 4 is 5.97 Å². The number of ether oxygens (including phenoxy) is 2. The lowest BCUT2D eigenvalue weighted by Crippen LogP contribution is -2.28. The Balaban J connectivity index is 2.15. The summed E-state index contributed by atoms with van der Waals surface area (Å²) in [5.41, 5.74) is 1.22. The number of methoxy groups -OCH3 is 1. The van der Waals surface area contributed by atoms with Crippen LogP contribution in [0.3, 0.4) is 0 Å². The van der Waals surface area contributed by atoms with Gasteiger partial charge in [-0.25, -0.2) is 0 Å². The molecule has 19 heavy (non-hydrogen) atoms. The number of hydrogen-bond donors (Lipinski definition) is 0. The van der Waals surface area contributed by atoms with Gasteiger partial charge < -0.3 is 9.47 Å². The molecule has 3 heteroatoms. The minimum absolute atomic E-state index is 0.0216. The van der Waals surface area contributed by atoms with Crippen molar-refractivity contribution in [3.05, 3.63) is 29.8 Å². The first kappa shape index (κ1) is 13.9. The van der Waals surface area contributed by atoms with Crippen LogP contribution in [0.25, 0.3) is 0 Å². The van der Waals surface area contributed by atoms with Gasteiger partial charge in [-0.2, -0.15) is 0 Å². The molecular formula is C16H22O3. The Kier molecular flexibility index (Phi) is 4.83. The Hall–Kier alpha value is -1.51. The normalized spacial score (nSPS) is 22.8. The maximum Gasteiger partial charge on any atom is 0.305 e. The van der Waals surface area contributed by atoms with Crippen molar-refractivity contribution < 1.29 is 14.3 Å². The molecule has 2 rings (SSSR count). The van der Waals surface area contributed by atoms with Crippen LogP contribution in [0.5, 0.6) is 5.75 Å². The molecule has 1 aromatic carbocycles. The molecule has 1 aromatic rings. The fraction of sp³-hybridized carbons (Fsp3) is 0.562. The minimum atomic E-state index is -0.0974. The molecule has 1 aliphatic carbocycles. The fourth-order valence-electron chi connectivity index (χ4n) is 2.74. The summed E-state index contributed by atoms with van der Waals surface area (Å²) in [5.74, 6) is 1.07. The Morgan fingerprint density at radius 3 is 2.84 bits per heavy atom. The van der Waals surface area contributed by atoms with E-state index in [0.29, 0.717) is 12.3 Å². The molecule has 0 saturated heterocycles. The highest BCUT2D eigenvalue weighted by atomic mass is 16.5. The van der Waals surface area contributed by atoms with Gasteiger partial charge in [0.2, 0.25) is 0 Å². The minimum Gasteiger partial charge on any atom is -0.497 e. The molecule has 1 fully saturated rings. The van der Waals surface area contributed by atoms with E-state index in [-0.39, 0.29) is 12.1 Å². The van der Waals surface area contributed by atoms with Crippen LogP contribution in [-0.2, 0) is 9.53 Å². The number of rotatable bonds is 4. The van der Waals surface area contributed by atoms with E-state index >= 15 is 0 Å². The van der Waals surface area contributed by atoms with Gasteiger partial charge in [-0.15, -0.1) is 0 Å². The van der Waals surface area contributed by atoms with Crippen LogP contribution in [0.2, 0.25) is 0 Å². The van der Waals surface area contributed by atoms with Crippen molar-refractivity contribution in [3.63, 3.8) is 0 Å². The first-order chi connectivity index (χ1) is 9.24. The largest absolute Gasteiger partial charge is 0.497 e. The predicted molar refractivity (Wildman–Crippen MR) is 74.4 cm³/mol. The zero-order valence-electron chi connectivity index (χ0n) is 11.7. The Labute approximate surface area is 114 Å². The monoisotopic (exact) mass is 262 g/mol. The SMILES string of the molecule is CCC(=O)O[C@@H]1CCCC[C@H]1c1cccc(OC)c1. The van der Waals surface area contributed by atoms with E-state index in [0.717, 1.165) is 25.0 Å². The van der Waals surface area contributed by atoms with E-state index < -0.39 is 0 Å². The smallest absolute Gasteiger partial charge is 0.305 e. The third-order valence-corrected chi connectivity index (χ3v) is 3.80. The van der Waals surface area contributed by atoms with Crippen molar-refractivity contribution in [2.75, 3.05) is 7.11 Å². The maximum atomic E-state index is 11.5. The maximum absolute atomic E-state index is 11.5. The quantitative estimate of drug-likeness (QED) is 0.777. The van der Waals surface area contributed by atoms with Crippen LogP contribution in [0.4, 0.5) is 0 Å². The second-order valence-electron chi connectivity index (χ2n) is 5.05. The van der Waals surface area contributed by atoms with Crippen molar-refractivity contribution in [2.24, 2.45) is 0 Å². The molecule has 1 aliphatic rings. The fourth-order valence-corrected chi connectivity index (χ4v) is 2.74. The van der Waals surface area contributed by atoms with E-state index in [2.05, 4.69) is 12.1 Å². The van der Waals surface area contributed by atoms with Gasteiger partial charge in [0, 0.05) is 12.3 Å². The van der Waals surface area contributed by atoms with E-state index in [4.69, 9.17) is 9.47 Å². The van der Waals surface area contributed by atoms with Gasteiger partial charge in [0.1, 0.15) is 11.9 Å². The van der Waals surface area contributed by atoms with Crippen LogP contribution in [0, 0.1) is 0 Å². The molecule has 0 spiro atoms. The molecule has 0 amide bonds. The molecule has 0 bridgehead atoms. The lowest BCUT2D eigenvalue weighted by Gasteiger charge is -2.31. The van der Waals surface area contributed by atoms with Gasteiger partial charge >= 0.3 is 5.97 Å². The molecule has 2 atom stereocenters. The number of benzene rings is 1. The summed E-state index contributed by atoms with van der Waals surface area (Å²) in [7, 11) is 1.68. The summed E-state index contributed by atoms with van der Waals surface area (Å²) in [6.07, 6.45) is 4.85. The van der Waals surface area contributed by atoms with Gasteiger partial charge in [-0.1, -0.05) is 25.5 Å². The third kappa shape index (κ3) is 3.49. The van der Waals surface area contributed by atoms with E-state index in [1.54, 1.807) is 7.11 Å². The average Bonchev–Trinajstić information content (AvgIpc) is 2.47. The van der Waals surface area contributed by atoms with Crippen molar-refractivity contribution in [1.29, 1.82) is 0 Å². The Morgan fingerprint density at radius 1 is 1.32 bits per heavy atom. The van der Waals surface area contributed by atoms with E-state index in [9.17, 15) is 4.79 Å². The topological polar surface area (TPSA) is 35.5 Å². The number of carbonyl (C=O) groups excluding carboxylic acids is 1. The number of hydrogen-bond acceptors (Lipinski definition) is 3. The highest BCUT2D eigenvalue weighted by Crippen LogP contribution is 2.36. The molecule has 104 valence electrons. The highest BCUT2D eigenvalue weighted by molar-refractivity contribution is 5.69. The zero-order chi connectivity index (χ0) is 13.7. The van der Waals surface area contributed by atoms with Gasteiger partial charge in [0.05, 0.1) is 7.11 Å². The van der Waals surface area contributed by atoms with Crippen LogP contribution in [-0.4, -0.2) is 19.2 Å². The summed E-state index contributed by atoms with van der Waals surface area (Å²) >= 11 is 0. The van der Waals surface area contributed by atoms with Crippen LogP contribution >= 0.6 is 0 Å². The molecule has 3 nitrogen and oxygen atoms in total. The molecule has 0 aromatic heterocycles. The van der Waals surface area contributed by atoms with Crippen LogP contribution in [0.15, 0.2) is 24.3 Å². The van der Waals surface area contributed by atoms with Gasteiger partial charge in [-0.05, 0) is 37.0 Å². The summed E-state index contributed by atoms with van der Waals surface area (Å²) in [6, 6.07) is 8.11. The van der Waals surface area contributed by atoms with Gasteiger partial charge in [-0.3, -0.25) is 4.79 Å². The summed E-state index contributed by atoms with van der Waals surface area (Å²) in [5, 5.41) is 0. The lowest BCUT2D eigenvalue weighted by atomic mass is 9.81. The molecule has 1 saturated carbocycles. The van der Waals surface area contributed by atoms with Gasteiger partial charge in [0.25, 0.3) is 0 Å². The number of carbonyl (C=O) groups is 1.